The van der Waals surface area contributed by atoms with Crippen LogP contribution in [0.2, 0.25) is 5.02 Å². The minimum atomic E-state index is 0.595. The van der Waals surface area contributed by atoms with Gasteiger partial charge in [0.1, 0.15) is 11.5 Å². The van der Waals surface area contributed by atoms with Gasteiger partial charge in [-0.05, 0) is 30.7 Å². The van der Waals surface area contributed by atoms with Crippen LogP contribution in [0.3, 0.4) is 0 Å². The molecule has 1 heterocycles. The Balaban J connectivity index is 2.10. The number of benzene rings is 1. The van der Waals surface area contributed by atoms with Crippen LogP contribution in [-0.4, -0.2) is 11.5 Å². The van der Waals surface area contributed by atoms with Gasteiger partial charge in [-0.1, -0.05) is 37.6 Å². The highest BCUT2D eigenvalue weighted by molar-refractivity contribution is 6.32. The number of rotatable bonds is 6. The topological polar surface area (TPSA) is 34.2 Å². The standard InChI is InChI=1S/C16H19ClN2O/c1-12(2)9-19-10-13-7-8-18-11-16(13)20-15-6-4-3-5-14(15)17/h3-8,11-12,19H,9-10H2,1-2H3. The average molecular weight is 291 g/mol. The van der Waals surface area contributed by atoms with Gasteiger partial charge < -0.3 is 10.1 Å². The summed E-state index contributed by atoms with van der Waals surface area (Å²) < 4.78 is 5.86. The second kappa shape index (κ2) is 7.27. The van der Waals surface area contributed by atoms with Crippen molar-refractivity contribution in [1.82, 2.24) is 10.3 Å². The third kappa shape index (κ3) is 4.22. The van der Waals surface area contributed by atoms with E-state index in [0.29, 0.717) is 16.7 Å². The fourth-order valence-electron chi connectivity index (χ4n) is 1.79. The predicted octanol–water partition coefficient (Wildman–Crippen LogP) is 4.27. The van der Waals surface area contributed by atoms with Crippen molar-refractivity contribution >= 4 is 11.6 Å². The number of halogens is 1. The molecular formula is C16H19ClN2O. The molecule has 0 saturated carbocycles. The fraction of sp³-hybridized carbons (Fsp3) is 0.312. The Bertz CT molecular complexity index is 558. The van der Waals surface area contributed by atoms with Crippen LogP contribution in [-0.2, 0) is 6.54 Å². The van der Waals surface area contributed by atoms with Crippen molar-refractivity contribution in [2.24, 2.45) is 5.92 Å². The molecule has 2 rings (SSSR count). The van der Waals surface area contributed by atoms with Crippen molar-refractivity contribution in [3.8, 4) is 11.5 Å². The van der Waals surface area contributed by atoms with Crippen LogP contribution in [0.15, 0.2) is 42.7 Å². The molecule has 0 fully saturated rings. The van der Waals surface area contributed by atoms with Gasteiger partial charge in [-0.3, -0.25) is 4.98 Å². The van der Waals surface area contributed by atoms with Crippen molar-refractivity contribution in [2.45, 2.75) is 20.4 Å². The first-order valence-corrected chi connectivity index (χ1v) is 7.10. The van der Waals surface area contributed by atoms with Gasteiger partial charge in [-0.15, -0.1) is 0 Å². The Morgan fingerprint density at radius 1 is 1.20 bits per heavy atom. The highest BCUT2D eigenvalue weighted by Crippen LogP contribution is 2.30. The van der Waals surface area contributed by atoms with E-state index in [4.69, 9.17) is 16.3 Å². The van der Waals surface area contributed by atoms with Crippen molar-refractivity contribution < 1.29 is 4.74 Å². The molecule has 4 heteroatoms. The summed E-state index contributed by atoms with van der Waals surface area (Å²) >= 11 is 6.11. The molecule has 0 unspecified atom stereocenters. The van der Waals surface area contributed by atoms with E-state index in [1.807, 2.05) is 30.3 Å². The minimum absolute atomic E-state index is 0.595. The van der Waals surface area contributed by atoms with Crippen LogP contribution >= 0.6 is 11.6 Å². The molecule has 2 aromatic rings. The maximum Gasteiger partial charge on any atom is 0.150 e. The molecule has 0 aliphatic rings. The lowest BCUT2D eigenvalue weighted by molar-refractivity contribution is 0.467. The maximum atomic E-state index is 6.11. The van der Waals surface area contributed by atoms with Gasteiger partial charge in [0.15, 0.2) is 0 Å². The first-order chi connectivity index (χ1) is 9.66. The normalized spacial score (nSPS) is 10.8. The molecule has 0 saturated heterocycles. The zero-order valence-corrected chi connectivity index (χ0v) is 12.5. The fourth-order valence-corrected chi connectivity index (χ4v) is 1.96. The summed E-state index contributed by atoms with van der Waals surface area (Å²) in [6.07, 6.45) is 3.49. The van der Waals surface area contributed by atoms with Crippen LogP contribution in [0.1, 0.15) is 19.4 Å². The van der Waals surface area contributed by atoms with E-state index in [2.05, 4.69) is 24.1 Å². The molecule has 3 nitrogen and oxygen atoms in total. The summed E-state index contributed by atoms with van der Waals surface area (Å²) in [5.74, 6) is 1.99. The lowest BCUT2D eigenvalue weighted by Crippen LogP contribution is -2.19. The molecule has 0 radical (unpaired) electrons. The zero-order valence-electron chi connectivity index (χ0n) is 11.8. The molecule has 106 valence electrons. The molecule has 0 spiro atoms. The second-order valence-electron chi connectivity index (χ2n) is 5.04. The molecular weight excluding hydrogens is 272 g/mol. The number of hydrogen-bond acceptors (Lipinski definition) is 3. The van der Waals surface area contributed by atoms with Crippen LogP contribution in [0.5, 0.6) is 11.5 Å². The molecule has 0 atom stereocenters. The molecule has 20 heavy (non-hydrogen) atoms. The van der Waals surface area contributed by atoms with Crippen LogP contribution in [0.25, 0.3) is 0 Å². The van der Waals surface area contributed by atoms with Crippen molar-refractivity contribution in [1.29, 1.82) is 0 Å². The Morgan fingerprint density at radius 2 is 2.00 bits per heavy atom. The summed E-state index contributed by atoms with van der Waals surface area (Å²) in [5.41, 5.74) is 1.07. The van der Waals surface area contributed by atoms with Gasteiger partial charge in [-0.25, -0.2) is 0 Å². The van der Waals surface area contributed by atoms with Crippen molar-refractivity contribution in [3.05, 3.63) is 53.3 Å². The van der Waals surface area contributed by atoms with E-state index >= 15 is 0 Å². The van der Waals surface area contributed by atoms with Crippen LogP contribution in [0.4, 0.5) is 0 Å². The zero-order chi connectivity index (χ0) is 14.4. The summed E-state index contributed by atoms with van der Waals surface area (Å²) in [4.78, 5) is 4.12. The molecule has 0 aliphatic carbocycles. The van der Waals surface area contributed by atoms with Crippen LogP contribution < -0.4 is 10.1 Å². The van der Waals surface area contributed by atoms with Gasteiger partial charge >= 0.3 is 0 Å². The van der Waals surface area contributed by atoms with Gasteiger partial charge in [0.2, 0.25) is 0 Å². The number of ether oxygens (including phenoxy) is 1. The number of aromatic nitrogens is 1. The summed E-state index contributed by atoms with van der Waals surface area (Å²) in [5, 5.41) is 4.00. The molecule has 1 aromatic heterocycles. The number of para-hydroxylation sites is 1. The van der Waals surface area contributed by atoms with Gasteiger partial charge in [0.05, 0.1) is 11.2 Å². The van der Waals surface area contributed by atoms with Crippen LogP contribution in [0, 0.1) is 5.92 Å². The molecule has 1 aromatic carbocycles. The third-order valence-electron chi connectivity index (χ3n) is 2.79. The molecule has 0 aliphatic heterocycles. The first kappa shape index (κ1) is 14.8. The number of hydrogen-bond donors (Lipinski definition) is 1. The van der Waals surface area contributed by atoms with E-state index in [9.17, 15) is 0 Å². The number of pyridine rings is 1. The average Bonchev–Trinajstić information content (AvgIpc) is 2.43. The largest absolute Gasteiger partial charge is 0.454 e. The van der Waals surface area contributed by atoms with Gasteiger partial charge in [0.25, 0.3) is 0 Å². The van der Waals surface area contributed by atoms with Gasteiger partial charge in [0, 0.05) is 18.3 Å². The summed E-state index contributed by atoms with van der Waals surface area (Å²) in [6, 6.07) is 9.39. The Kier molecular flexibility index (Phi) is 5.39. The Labute approximate surface area is 124 Å². The smallest absolute Gasteiger partial charge is 0.150 e. The summed E-state index contributed by atoms with van der Waals surface area (Å²) in [6.45, 7) is 6.08. The molecule has 1 N–H and O–H groups in total. The van der Waals surface area contributed by atoms with Crippen molar-refractivity contribution in [2.75, 3.05) is 6.54 Å². The number of nitrogens with zero attached hydrogens (tertiary/aromatic N) is 1. The molecule has 0 amide bonds. The second-order valence-corrected chi connectivity index (χ2v) is 5.45. The number of nitrogens with one attached hydrogen (secondary N) is 1. The quantitative estimate of drug-likeness (QED) is 0.862. The first-order valence-electron chi connectivity index (χ1n) is 6.73. The third-order valence-corrected chi connectivity index (χ3v) is 3.11. The highest BCUT2D eigenvalue weighted by Gasteiger charge is 2.07. The Morgan fingerprint density at radius 3 is 2.75 bits per heavy atom. The van der Waals surface area contributed by atoms with E-state index in [1.165, 1.54) is 0 Å². The van der Waals surface area contributed by atoms with E-state index in [1.54, 1.807) is 12.4 Å². The predicted molar refractivity (Wildman–Crippen MR) is 82.3 cm³/mol. The maximum absolute atomic E-state index is 6.11. The SMILES string of the molecule is CC(C)CNCc1ccncc1Oc1ccccc1Cl. The van der Waals surface area contributed by atoms with Crippen molar-refractivity contribution in [3.63, 3.8) is 0 Å². The highest BCUT2D eigenvalue weighted by atomic mass is 35.5. The van der Waals surface area contributed by atoms with E-state index in [0.717, 1.165) is 24.4 Å². The Hall–Kier alpha value is -1.58. The van der Waals surface area contributed by atoms with E-state index < -0.39 is 0 Å². The van der Waals surface area contributed by atoms with Gasteiger partial charge in [-0.2, -0.15) is 0 Å². The molecule has 0 bridgehead atoms. The monoisotopic (exact) mass is 290 g/mol. The minimum Gasteiger partial charge on any atom is -0.454 e. The summed E-state index contributed by atoms with van der Waals surface area (Å²) in [7, 11) is 0. The lowest BCUT2D eigenvalue weighted by atomic mass is 10.2. The van der Waals surface area contributed by atoms with E-state index in [-0.39, 0.29) is 0 Å². The lowest BCUT2D eigenvalue weighted by Gasteiger charge is -2.13.